The minimum atomic E-state index is 0.132. The summed E-state index contributed by atoms with van der Waals surface area (Å²) in [6.45, 7) is 2.41. The second-order valence-electron chi connectivity index (χ2n) is 4.44. The average Bonchev–Trinajstić information content (AvgIpc) is 2.68. The fourth-order valence-electron chi connectivity index (χ4n) is 2.13. The van der Waals surface area contributed by atoms with Crippen LogP contribution < -0.4 is 0 Å². The summed E-state index contributed by atoms with van der Waals surface area (Å²) in [5, 5.41) is 0. The van der Waals surface area contributed by atoms with Gasteiger partial charge >= 0.3 is 6.03 Å². The van der Waals surface area contributed by atoms with Crippen molar-refractivity contribution in [3.8, 4) is 0 Å². The first-order valence-corrected chi connectivity index (χ1v) is 6.51. The molecular weight excluding hydrogens is 232 g/mol. The number of carbonyl (C=O) groups is 1. The highest BCUT2D eigenvalue weighted by atomic mass is 32.1. The van der Waals surface area contributed by atoms with E-state index in [1.807, 2.05) is 30.1 Å². The van der Waals surface area contributed by atoms with Gasteiger partial charge in [0.25, 0.3) is 0 Å². The number of urea groups is 1. The first-order chi connectivity index (χ1) is 8.22. The first-order valence-electron chi connectivity index (χ1n) is 5.88. The fourth-order valence-corrected chi connectivity index (χ4v) is 2.46. The Kier molecular flexibility index (Phi) is 3.94. The van der Waals surface area contributed by atoms with Crippen LogP contribution >= 0.6 is 12.6 Å². The Labute approximate surface area is 108 Å². The van der Waals surface area contributed by atoms with Gasteiger partial charge in [-0.3, -0.25) is 0 Å². The summed E-state index contributed by atoms with van der Waals surface area (Å²) in [5.74, 6) is 1.08. The van der Waals surface area contributed by atoms with Crippen LogP contribution in [0.2, 0.25) is 0 Å². The molecule has 1 atom stereocenters. The van der Waals surface area contributed by atoms with E-state index in [1.165, 1.54) is 5.56 Å². The third-order valence-electron chi connectivity index (χ3n) is 3.23. The van der Waals surface area contributed by atoms with Crippen molar-refractivity contribution in [2.24, 2.45) is 0 Å². The van der Waals surface area contributed by atoms with E-state index in [2.05, 4.69) is 24.8 Å². The second-order valence-corrected chi connectivity index (χ2v) is 4.81. The Bertz CT molecular complexity index is 382. The molecule has 1 aliphatic heterocycles. The van der Waals surface area contributed by atoms with Gasteiger partial charge in [0.05, 0.1) is 0 Å². The van der Waals surface area contributed by atoms with Crippen LogP contribution in [-0.2, 0) is 0 Å². The molecule has 0 bridgehead atoms. The lowest BCUT2D eigenvalue weighted by molar-refractivity contribution is 0.197. The fraction of sp³-hybridized carbons (Fsp3) is 0.462. The summed E-state index contributed by atoms with van der Waals surface area (Å²) in [4.78, 5) is 15.5. The second kappa shape index (κ2) is 5.45. The highest BCUT2D eigenvalue weighted by Gasteiger charge is 2.27. The molecule has 1 fully saturated rings. The van der Waals surface area contributed by atoms with E-state index in [9.17, 15) is 4.79 Å². The van der Waals surface area contributed by atoms with Crippen LogP contribution in [-0.4, -0.2) is 48.3 Å². The number of thiol groups is 1. The van der Waals surface area contributed by atoms with Gasteiger partial charge in [-0.25, -0.2) is 4.79 Å². The maximum absolute atomic E-state index is 11.8. The molecular formula is C13H18N2OS. The summed E-state index contributed by atoms with van der Waals surface area (Å²) < 4.78 is 0. The molecule has 1 saturated heterocycles. The Morgan fingerprint density at radius 2 is 2.00 bits per heavy atom. The molecule has 92 valence electrons. The van der Waals surface area contributed by atoms with Crippen molar-refractivity contribution >= 4 is 18.7 Å². The lowest BCUT2D eigenvalue weighted by Gasteiger charge is -2.22. The third kappa shape index (κ3) is 2.75. The number of likely N-dealkylation sites (N-methyl/N-ethyl adjacent to an activating group) is 1. The molecule has 1 unspecified atom stereocenters. The van der Waals surface area contributed by atoms with Gasteiger partial charge in [-0.1, -0.05) is 30.3 Å². The van der Waals surface area contributed by atoms with Gasteiger partial charge in [-0.05, 0) is 11.3 Å². The molecule has 0 aliphatic carbocycles. The van der Waals surface area contributed by atoms with Gasteiger partial charge in [0.2, 0.25) is 0 Å². The van der Waals surface area contributed by atoms with Crippen molar-refractivity contribution < 1.29 is 4.79 Å². The number of amides is 2. The van der Waals surface area contributed by atoms with Crippen LogP contribution in [0.25, 0.3) is 0 Å². The van der Waals surface area contributed by atoms with Crippen LogP contribution in [0, 0.1) is 0 Å². The van der Waals surface area contributed by atoms with Crippen LogP contribution in [0.4, 0.5) is 4.79 Å². The summed E-state index contributed by atoms with van der Waals surface area (Å²) in [6.07, 6.45) is 0. The molecule has 2 amide bonds. The van der Waals surface area contributed by atoms with Crippen molar-refractivity contribution in [1.29, 1.82) is 0 Å². The van der Waals surface area contributed by atoms with Gasteiger partial charge in [0, 0.05) is 32.6 Å². The van der Waals surface area contributed by atoms with Gasteiger partial charge < -0.3 is 9.80 Å². The van der Waals surface area contributed by atoms with Crippen molar-refractivity contribution in [3.05, 3.63) is 35.9 Å². The van der Waals surface area contributed by atoms with E-state index in [1.54, 1.807) is 4.90 Å². The zero-order valence-corrected chi connectivity index (χ0v) is 10.9. The van der Waals surface area contributed by atoms with E-state index in [4.69, 9.17) is 0 Å². The number of hydrogen-bond donors (Lipinski definition) is 1. The van der Waals surface area contributed by atoms with Crippen molar-refractivity contribution in [1.82, 2.24) is 9.80 Å². The standard InChI is InChI=1S/C13H18N2OS/c1-14-7-8-15(13(14)16)9-12(10-17)11-5-3-2-4-6-11/h2-6,12,17H,7-10H2,1H3. The Morgan fingerprint density at radius 1 is 1.29 bits per heavy atom. The predicted octanol–water partition coefficient (Wildman–Crippen LogP) is 2.07. The van der Waals surface area contributed by atoms with E-state index in [0.717, 1.165) is 25.4 Å². The quantitative estimate of drug-likeness (QED) is 0.813. The first kappa shape index (κ1) is 12.3. The molecule has 4 heteroatoms. The zero-order chi connectivity index (χ0) is 12.3. The molecule has 0 N–H and O–H groups in total. The molecule has 2 rings (SSSR count). The molecule has 1 heterocycles. The van der Waals surface area contributed by atoms with Crippen LogP contribution in [0.1, 0.15) is 11.5 Å². The van der Waals surface area contributed by atoms with Gasteiger partial charge in [-0.15, -0.1) is 0 Å². The highest BCUT2D eigenvalue weighted by molar-refractivity contribution is 7.80. The van der Waals surface area contributed by atoms with E-state index in [-0.39, 0.29) is 6.03 Å². The number of benzene rings is 1. The minimum absolute atomic E-state index is 0.132. The highest BCUT2D eigenvalue weighted by Crippen LogP contribution is 2.20. The van der Waals surface area contributed by atoms with E-state index >= 15 is 0 Å². The molecule has 0 saturated carbocycles. The van der Waals surface area contributed by atoms with Crippen molar-refractivity contribution in [2.75, 3.05) is 32.4 Å². The molecule has 0 radical (unpaired) electrons. The number of hydrogen-bond acceptors (Lipinski definition) is 2. The van der Waals surface area contributed by atoms with E-state index < -0.39 is 0 Å². The molecule has 3 nitrogen and oxygen atoms in total. The normalized spacial score (nSPS) is 17.6. The summed E-state index contributed by atoms with van der Waals surface area (Å²) in [7, 11) is 1.85. The lowest BCUT2D eigenvalue weighted by atomic mass is 10.0. The smallest absolute Gasteiger partial charge is 0.319 e. The lowest BCUT2D eigenvalue weighted by Crippen LogP contribution is -2.33. The minimum Gasteiger partial charge on any atom is -0.326 e. The molecule has 1 aliphatic rings. The molecule has 1 aromatic rings. The maximum atomic E-state index is 11.8. The van der Waals surface area contributed by atoms with Crippen molar-refractivity contribution in [3.63, 3.8) is 0 Å². The topological polar surface area (TPSA) is 23.6 Å². The molecule has 0 spiro atoms. The van der Waals surface area contributed by atoms with Crippen LogP contribution in [0.3, 0.4) is 0 Å². The third-order valence-corrected chi connectivity index (χ3v) is 3.68. The van der Waals surface area contributed by atoms with Crippen LogP contribution in [0.15, 0.2) is 30.3 Å². The average molecular weight is 250 g/mol. The SMILES string of the molecule is CN1CCN(CC(CS)c2ccccc2)C1=O. The van der Waals surface area contributed by atoms with Crippen molar-refractivity contribution in [2.45, 2.75) is 5.92 Å². The Morgan fingerprint density at radius 3 is 2.53 bits per heavy atom. The van der Waals surface area contributed by atoms with Crippen LogP contribution in [0.5, 0.6) is 0 Å². The van der Waals surface area contributed by atoms with Gasteiger partial charge in [0.15, 0.2) is 0 Å². The Hall–Kier alpha value is -1.16. The largest absolute Gasteiger partial charge is 0.326 e. The van der Waals surface area contributed by atoms with E-state index in [0.29, 0.717) is 5.92 Å². The summed E-state index contributed by atoms with van der Waals surface area (Å²) in [5.41, 5.74) is 1.25. The van der Waals surface area contributed by atoms with Gasteiger partial charge in [-0.2, -0.15) is 12.6 Å². The summed E-state index contributed by atoms with van der Waals surface area (Å²) >= 11 is 4.40. The number of rotatable bonds is 4. The molecule has 1 aromatic carbocycles. The Balaban J connectivity index is 2.04. The zero-order valence-electron chi connectivity index (χ0n) is 10.0. The molecule has 17 heavy (non-hydrogen) atoms. The summed E-state index contributed by atoms with van der Waals surface area (Å²) in [6, 6.07) is 10.4. The predicted molar refractivity (Wildman–Crippen MR) is 72.6 cm³/mol. The number of nitrogens with zero attached hydrogens (tertiary/aromatic N) is 2. The number of carbonyl (C=O) groups excluding carboxylic acids is 1. The maximum Gasteiger partial charge on any atom is 0.319 e. The monoisotopic (exact) mass is 250 g/mol. The van der Waals surface area contributed by atoms with Gasteiger partial charge in [0.1, 0.15) is 0 Å². The molecule has 0 aromatic heterocycles.